The number of ether oxygens (including phenoxy) is 1. The van der Waals surface area contributed by atoms with E-state index in [9.17, 15) is 4.79 Å². The Kier molecular flexibility index (Phi) is 5.08. The van der Waals surface area contributed by atoms with Crippen molar-refractivity contribution < 1.29 is 4.74 Å². The van der Waals surface area contributed by atoms with Crippen LogP contribution in [-0.2, 0) is 12.8 Å². The Balaban J connectivity index is 1.71. The first-order valence-electron chi connectivity index (χ1n) is 9.56. The molecule has 0 radical (unpaired) electrons. The summed E-state index contributed by atoms with van der Waals surface area (Å²) in [6.07, 6.45) is 1.32. The SMILES string of the molecule is CCc1ccc2nc(Cc3nc(-c4cccc(OC)c4)cc(=O)[nH]3)nc(C)c2c1. The van der Waals surface area contributed by atoms with Crippen LogP contribution in [0.4, 0.5) is 0 Å². The molecule has 2 aromatic carbocycles. The Hall–Kier alpha value is -3.54. The van der Waals surface area contributed by atoms with Crippen molar-refractivity contribution in [2.75, 3.05) is 7.11 Å². The molecule has 2 heterocycles. The molecule has 0 fully saturated rings. The second-order valence-corrected chi connectivity index (χ2v) is 6.92. The number of aryl methyl sites for hydroxylation is 2. The molecule has 29 heavy (non-hydrogen) atoms. The lowest BCUT2D eigenvalue weighted by atomic mass is 10.1. The zero-order valence-corrected chi connectivity index (χ0v) is 16.7. The number of fused-ring (bicyclic) bond motifs is 1. The molecule has 0 aliphatic carbocycles. The third kappa shape index (κ3) is 4.01. The second kappa shape index (κ2) is 7.83. The molecular formula is C23H22N4O2. The smallest absolute Gasteiger partial charge is 0.251 e. The van der Waals surface area contributed by atoms with E-state index in [-0.39, 0.29) is 5.56 Å². The highest BCUT2D eigenvalue weighted by atomic mass is 16.5. The fraction of sp³-hybridized carbons (Fsp3) is 0.217. The Morgan fingerprint density at radius 3 is 2.69 bits per heavy atom. The quantitative estimate of drug-likeness (QED) is 0.563. The molecule has 0 saturated heterocycles. The summed E-state index contributed by atoms with van der Waals surface area (Å²) in [5.41, 5.74) is 4.28. The minimum Gasteiger partial charge on any atom is -0.497 e. The van der Waals surface area contributed by atoms with Gasteiger partial charge in [0.2, 0.25) is 0 Å². The number of nitrogens with one attached hydrogen (secondary N) is 1. The number of hydrogen-bond donors (Lipinski definition) is 1. The average molecular weight is 386 g/mol. The standard InChI is InChI=1S/C23H22N4O2/c1-4-15-8-9-19-18(10-15)14(2)24-21(25-19)13-22-26-20(12-23(28)27-22)16-6-5-7-17(11-16)29-3/h5-12H,4,13H2,1-3H3,(H,26,27,28). The molecule has 1 N–H and O–H groups in total. The van der Waals surface area contributed by atoms with Gasteiger partial charge < -0.3 is 9.72 Å². The predicted molar refractivity (Wildman–Crippen MR) is 113 cm³/mol. The third-order valence-corrected chi connectivity index (χ3v) is 4.89. The minimum absolute atomic E-state index is 0.210. The van der Waals surface area contributed by atoms with E-state index in [4.69, 9.17) is 4.74 Å². The first-order valence-corrected chi connectivity index (χ1v) is 9.56. The van der Waals surface area contributed by atoms with Gasteiger partial charge in [-0.05, 0) is 43.2 Å². The lowest BCUT2D eigenvalue weighted by Crippen LogP contribution is -2.13. The maximum atomic E-state index is 12.2. The van der Waals surface area contributed by atoms with Crippen LogP contribution in [0.25, 0.3) is 22.2 Å². The zero-order valence-electron chi connectivity index (χ0n) is 16.7. The van der Waals surface area contributed by atoms with Gasteiger partial charge in [-0.15, -0.1) is 0 Å². The zero-order chi connectivity index (χ0) is 20.4. The Labute approximate surface area is 168 Å². The van der Waals surface area contributed by atoms with Gasteiger partial charge >= 0.3 is 0 Å². The summed E-state index contributed by atoms with van der Waals surface area (Å²) < 4.78 is 5.27. The lowest BCUT2D eigenvalue weighted by molar-refractivity contribution is 0.415. The molecule has 4 rings (SSSR count). The van der Waals surface area contributed by atoms with E-state index in [1.165, 1.54) is 11.6 Å². The van der Waals surface area contributed by atoms with E-state index >= 15 is 0 Å². The van der Waals surface area contributed by atoms with Crippen LogP contribution in [0.2, 0.25) is 0 Å². The van der Waals surface area contributed by atoms with Crippen LogP contribution < -0.4 is 10.3 Å². The summed E-state index contributed by atoms with van der Waals surface area (Å²) in [4.78, 5) is 28.9. The molecule has 0 bridgehead atoms. The first-order chi connectivity index (χ1) is 14.1. The van der Waals surface area contributed by atoms with Crippen molar-refractivity contribution in [3.8, 4) is 17.0 Å². The van der Waals surface area contributed by atoms with Gasteiger partial charge in [0.05, 0.1) is 24.7 Å². The van der Waals surface area contributed by atoms with Crippen LogP contribution in [0.15, 0.2) is 53.3 Å². The van der Waals surface area contributed by atoms with E-state index < -0.39 is 0 Å². The van der Waals surface area contributed by atoms with E-state index in [1.807, 2.05) is 37.3 Å². The molecule has 0 unspecified atom stereocenters. The van der Waals surface area contributed by atoms with Crippen LogP contribution in [-0.4, -0.2) is 27.0 Å². The number of nitrogens with zero attached hydrogens (tertiary/aromatic N) is 3. The number of rotatable bonds is 5. The van der Waals surface area contributed by atoms with Gasteiger partial charge in [0, 0.05) is 22.7 Å². The molecule has 146 valence electrons. The average Bonchev–Trinajstić information content (AvgIpc) is 2.73. The largest absolute Gasteiger partial charge is 0.497 e. The molecule has 0 amide bonds. The van der Waals surface area contributed by atoms with Crippen LogP contribution in [0.3, 0.4) is 0 Å². The molecule has 0 aliphatic heterocycles. The molecular weight excluding hydrogens is 364 g/mol. The molecule has 2 aromatic heterocycles. The van der Waals surface area contributed by atoms with Gasteiger partial charge in [-0.25, -0.2) is 15.0 Å². The number of H-pyrrole nitrogens is 1. The molecule has 0 saturated carbocycles. The Morgan fingerprint density at radius 2 is 1.90 bits per heavy atom. The summed E-state index contributed by atoms with van der Waals surface area (Å²) in [6.45, 7) is 4.11. The van der Waals surface area contributed by atoms with Gasteiger partial charge in [-0.2, -0.15) is 0 Å². The fourth-order valence-electron chi connectivity index (χ4n) is 3.36. The number of benzene rings is 2. The van der Waals surface area contributed by atoms with Crippen molar-refractivity contribution in [1.82, 2.24) is 19.9 Å². The van der Waals surface area contributed by atoms with Crippen molar-refractivity contribution in [3.05, 3.63) is 81.8 Å². The number of hydrogen-bond acceptors (Lipinski definition) is 5. The molecule has 6 nitrogen and oxygen atoms in total. The highest BCUT2D eigenvalue weighted by Gasteiger charge is 2.10. The van der Waals surface area contributed by atoms with Crippen LogP contribution in [0.5, 0.6) is 5.75 Å². The predicted octanol–water partition coefficient (Wildman–Crippen LogP) is 3.85. The highest BCUT2D eigenvalue weighted by Crippen LogP contribution is 2.22. The normalized spacial score (nSPS) is 11.0. The molecule has 0 aliphatic rings. The third-order valence-electron chi connectivity index (χ3n) is 4.89. The molecule has 4 aromatic rings. The summed E-state index contributed by atoms with van der Waals surface area (Å²) >= 11 is 0. The molecule has 0 spiro atoms. The van der Waals surface area contributed by atoms with E-state index in [1.54, 1.807) is 7.11 Å². The van der Waals surface area contributed by atoms with Gasteiger partial charge in [0.25, 0.3) is 5.56 Å². The number of aromatic amines is 1. The topological polar surface area (TPSA) is 80.8 Å². The fourth-order valence-corrected chi connectivity index (χ4v) is 3.36. The van der Waals surface area contributed by atoms with E-state index in [0.717, 1.165) is 28.6 Å². The summed E-state index contributed by atoms with van der Waals surface area (Å²) in [5.74, 6) is 1.87. The van der Waals surface area contributed by atoms with Crippen molar-refractivity contribution in [3.63, 3.8) is 0 Å². The van der Waals surface area contributed by atoms with Crippen molar-refractivity contribution in [2.45, 2.75) is 26.7 Å². The van der Waals surface area contributed by atoms with E-state index in [0.29, 0.717) is 29.5 Å². The first kappa shape index (κ1) is 18.8. The minimum atomic E-state index is -0.210. The summed E-state index contributed by atoms with van der Waals surface area (Å²) in [5, 5.41) is 1.06. The van der Waals surface area contributed by atoms with Gasteiger partial charge in [0.1, 0.15) is 17.4 Å². The molecule has 0 atom stereocenters. The second-order valence-electron chi connectivity index (χ2n) is 6.92. The maximum absolute atomic E-state index is 12.2. The van der Waals surface area contributed by atoms with Crippen LogP contribution in [0.1, 0.15) is 29.8 Å². The lowest BCUT2D eigenvalue weighted by Gasteiger charge is -2.08. The van der Waals surface area contributed by atoms with Crippen LogP contribution in [0, 0.1) is 6.92 Å². The monoisotopic (exact) mass is 386 g/mol. The van der Waals surface area contributed by atoms with Gasteiger partial charge in [-0.1, -0.05) is 25.1 Å². The number of aromatic nitrogens is 4. The number of methoxy groups -OCH3 is 1. The summed E-state index contributed by atoms with van der Waals surface area (Å²) in [6, 6.07) is 15.2. The maximum Gasteiger partial charge on any atom is 0.251 e. The highest BCUT2D eigenvalue weighted by molar-refractivity contribution is 5.81. The van der Waals surface area contributed by atoms with Gasteiger partial charge in [-0.3, -0.25) is 4.79 Å². The summed E-state index contributed by atoms with van der Waals surface area (Å²) in [7, 11) is 1.61. The molecule has 6 heteroatoms. The Morgan fingerprint density at radius 1 is 1.03 bits per heavy atom. The van der Waals surface area contributed by atoms with Crippen molar-refractivity contribution in [1.29, 1.82) is 0 Å². The van der Waals surface area contributed by atoms with Crippen molar-refractivity contribution in [2.24, 2.45) is 0 Å². The van der Waals surface area contributed by atoms with Gasteiger partial charge in [0.15, 0.2) is 0 Å². The van der Waals surface area contributed by atoms with Crippen LogP contribution >= 0.6 is 0 Å². The van der Waals surface area contributed by atoms with E-state index in [2.05, 4.69) is 39.0 Å². The Bertz CT molecular complexity index is 1250. The van der Waals surface area contributed by atoms with Crippen molar-refractivity contribution >= 4 is 10.9 Å².